The van der Waals surface area contributed by atoms with E-state index >= 15 is 0 Å². The fourth-order valence-electron chi connectivity index (χ4n) is 1.46. The van der Waals surface area contributed by atoms with Gasteiger partial charge >= 0.3 is 0 Å². The molecule has 0 saturated carbocycles. The molecule has 0 aliphatic rings. The second kappa shape index (κ2) is 5.38. The third-order valence-electron chi connectivity index (χ3n) is 2.40. The summed E-state index contributed by atoms with van der Waals surface area (Å²) in [5, 5.41) is 1.70. The Labute approximate surface area is 111 Å². The van der Waals surface area contributed by atoms with E-state index in [2.05, 4.69) is 0 Å². The lowest BCUT2D eigenvalue weighted by Gasteiger charge is -1.99. The third-order valence-corrected chi connectivity index (χ3v) is 4.17. The number of benzene rings is 2. The van der Waals surface area contributed by atoms with Crippen molar-refractivity contribution in [2.24, 2.45) is 0 Å². The SMILES string of the molecule is O=S(=O)(/C=C/c1ccccc1Cl)c1ccccc1. The van der Waals surface area contributed by atoms with Gasteiger partial charge in [0.05, 0.1) is 4.90 Å². The van der Waals surface area contributed by atoms with Crippen molar-refractivity contribution < 1.29 is 8.42 Å². The molecule has 0 aliphatic carbocycles. The summed E-state index contributed by atoms with van der Waals surface area (Å²) in [4.78, 5) is 0.272. The predicted molar refractivity (Wildman–Crippen MR) is 74.1 cm³/mol. The molecular formula is C14H11ClO2S. The molecule has 0 bridgehead atoms. The van der Waals surface area contributed by atoms with Crippen molar-refractivity contribution in [1.82, 2.24) is 0 Å². The smallest absolute Gasteiger partial charge is 0.199 e. The first kappa shape index (κ1) is 12.9. The molecule has 0 atom stereocenters. The van der Waals surface area contributed by atoms with Crippen molar-refractivity contribution in [3.63, 3.8) is 0 Å². The van der Waals surface area contributed by atoms with Gasteiger partial charge < -0.3 is 0 Å². The van der Waals surface area contributed by atoms with Gasteiger partial charge in [-0.05, 0) is 29.8 Å². The van der Waals surface area contributed by atoms with Gasteiger partial charge in [0.25, 0.3) is 0 Å². The summed E-state index contributed by atoms with van der Waals surface area (Å²) >= 11 is 5.95. The minimum Gasteiger partial charge on any atom is -0.219 e. The lowest BCUT2D eigenvalue weighted by Crippen LogP contribution is -1.95. The maximum atomic E-state index is 12.0. The zero-order valence-electron chi connectivity index (χ0n) is 9.45. The Bertz CT molecular complexity index is 661. The quantitative estimate of drug-likeness (QED) is 0.856. The first-order valence-electron chi connectivity index (χ1n) is 5.32. The van der Waals surface area contributed by atoms with Crippen LogP contribution in [0.4, 0.5) is 0 Å². The molecule has 2 aromatic rings. The van der Waals surface area contributed by atoms with Crippen molar-refractivity contribution in [1.29, 1.82) is 0 Å². The standard InChI is InChI=1S/C14H11ClO2S/c15-14-9-5-4-6-12(14)10-11-18(16,17)13-7-2-1-3-8-13/h1-11H/b11-10+. The molecule has 0 unspecified atom stereocenters. The number of sulfone groups is 1. The van der Waals surface area contributed by atoms with Crippen LogP contribution in [0.5, 0.6) is 0 Å². The Morgan fingerprint density at radius 1 is 0.889 bits per heavy atom. The Kier molecular flexibility index (Phi) is 3.84. The molecule has 4 heteroatoms. The molecule has 0 N–H and O–H groups in total. The van der Waals surface area contributed by atoms with Crippen molar-refractivity contribution in [3.8, 4) is 0 Å². The minimum atomic E-state index is -3.41. The molecule has 0 heterocycles. The van der Waals surface area contributed by atoms with Gasteiger partial charge in [-0.2, -0.15) is 0 Å². The average Bonchev–Trinajstić information content (AvgIpc) is 2.39. The van der Waals surface area contributed by atoms with Crippen molar-refractivity contribution in [2.75, 3.05) is 0 Å². The van der Waals surface area contributed by atoms with Gasteiger partial charge in [-0.25, -0.2) is 8.42 Å². The van der Waals surface area contributed by atoms with Crippen LogP contribution in [0.15, 0.2) is 64.9 Å². The molecule has 0 spiro atoms. The molecule has 92 valence electrons. The molecule has 2 rings (SSSR count). The van der Waals surface area contributed by atoms with Gasteiger partial charge in [-0.1, -0.05) is 48.0 Å². The van der Waals surface area contributed by atoms with E-state index in [1.807, 2.05) is 0 Å². The Hall–Kier alpha value is -1.58. The monoisotopic (exact) mass is 278 g/mol. The highest BCUT2D eigenvalue weighted by Gasteiger charge is 2.08. The van der Waals surface area contributed by atoms with Crippen molar-refractivity contribution in [2.45, 2.75) is 4.90 Å². The lowest BCUT2D eigenvalue weighted by atomic mass is 10.2. The van der Waals surface area contributed by atoms with Gasteiger partial charge in [0.1, 0.15) is 0 Å². The summed E-state index contributed by atoms with van der Waals surface area (Å²) in [7, 11) is -3.41. The summed E-state index contributed by atoms with van der Waals surface area (Å²) in [5.41, 5.74) is 0.679. The molecular weight excluding hydrogens is 268 g/mol. The van der Waals surface area contributed by atoms with Gasteiger partial charge in [0.2, 0.25) is 0 Å². The van der Waals surface area contributed by atoms with Crippen LogP contribution in [0.25, 0.3) is 6.08 Å². The second-order valence-electron chi connectivity index (χ2n) is 3.68. The highest BCUT2D eigenvalue weighted by Crippen LogP contribution is 2.18. The topological polar surface area (TPSA) is 34.1 Å². The van der Waals surface area contributed by atoms with Gasteiger partial charge in [0.15, 0.2) is 9.84 Å². The van der Waals surface area contributed by atoms with Gasteiger partial charge in [0, 0.05) is 10.4 Å². The van der Waals surface area contributed by atoms with Crippen LogP contribution in [0.2, 0.25) is 5.02 Å². The number of hydrogen-bond acceptors (Lipinski definition) is 2. The van der Waals surface area contributed by atoms with Crippen LogP contribution in [-0.4, -0.2) is 8.42 Å². The molecule has 0 radical (unpaired) electrons. The summed E-state index contributed by atoms with van der Waals surface area (Å²) in [6.45, 7) is 0. The summed E-state index contributed by atoms with van der Waals surface area (Å²) in [6.07, 6.45) is 1.50. The Morgan fingerprint density at radius 3 is 2.17 bits per heavy atom. The molecule has 18 heavy (non-hydrogen) atoms. The van der Waals surface area contributed by atoms with E-state index in [1.165, 1.54) is 11.5 Å². The molecule has 0 fully saturated rings. The maximum Gasteiger partial charge on any atom is 0.199 e. The molecule has 0 aliphatic heterocycles. The van der Waals surface area contributed by atoms with Crippen LogP contribution in [-0.2, 0) is 9.84 Å². The fraction of sp³-hybridized carbons (Fsp3) is 0. The summed E-state index contributed by atoms with van der Waals surface area (Å²) in [6, 6.07) is 15.4. The fourth-order valence-corrected chi connectivity index (χ4v) is 2.68. The number of hydrogen-bond donors (Lipinski definition) is 0. The lowest BCUT2D eigenvalue weighted by molar-refractivity contribution is 0.605. The third kappa shape index (κ3) is 3.00. The first-order valence-corrected chi connectivity index (χ1v) is 7.25. The highest BCUT2D eigenvalue weighted by molar-refractivity contribution is 7.94. The van der Waals surface area contributed by atoms with Crippen molar-refractivity contribution in [3.05, 3.63) is 70.6 Å². The van der Waals surface area contributed by atoms with Crippen LogP contribution in [0, 0.1) is 0 Å². The highest BCUT2D eigenvalue weighted by atomic mass is 35.5. The average molecular weight is 279 g/mol. The maximum absolute atomic E-state index is 12.0. The van der Waals surface area contributed by atoms with Gasteiger partial charge in [-0.15, -0.1) is 0 Å². The van der Waals surface area contributed by atoms with E-state index in [9.17, 15) is 8.42 Å². The summed E-state index contributed by atoms with van der Waals surface area (Å²) in [5.74, 6) is 0. The molecule has 0 aromatic heterocycles. The van der Waals surface area contributed by atoms with E-state index in [0.29, 0.717) is 10.6 Å². The van der Waals surface area contributed by atoms with E-state index in [4.69, 9.17) is 11.6 Å². The Balaban J connectivity index is 2.32. The van der Waals surface area contributed by atoms with Gasteiger partial charge in [-0.3, -0.25) is 0 Å². The van der Waals surface area contributed by atoms with E-state index in [0.717, 1.165) is 0 Å². The van der Waals surface area contributed by atoms with E-state index in [1.54, 1.807) is 54.6 Å². The van der Waals surface area contributed by atoms with Crippen LogP contribution >= 0.6 is 11.6 Å². The first-order chi connectivity index (χ1) is 8.59. The van der Waals surface area contributed by atoms with Crippen LogP contribution in [0.3, 0.4) is 0 Å². The van der Waals surface area contributed by atoms with Crippen molar-refractivity contribution >= 4 is 27.5 Å². The molecule has 2 nitrogen and oxygen atoms in total. The van der Waals surface area contributed by atoms with Crippen LogP contribution in [0.1, 0.15) is 5.56 Å². The minimum absolute atomic E-state index is 0.272. The predicted octanol–water partition coefficient (Wildman–Crippen LogP) is 3.78. The number of halogens is 1. The largest absolute Gasteiger partial charge is 0.219 e. The zero-order chi connectivity index (χ0) is 13.0. The summed E-state index contributed by atoms with van der Waals surface area (Å²) < 4.78 is 24.0. The normalized spacial score (nSPS) is 11.8. The molecule has 0 amide bonds. The molecule has 2 aromatic carbocycles. The second-order valence-corrected chi connectivity index (χ2v) is 5.92. The number of rotatable bonds is 3. The zero-order valence-corrected chi connectivity index (χ0v) is 11.0. The Morgan fingerprint density at radius 2 is 1.50 bits per heavy atom. The van der Waals surface area contributed by atoms with E-state index < -0.39 is 9.84 Å². The van der Waals surface area contributed by atoms with E-state index in [-0.39, 0.29) is 4.90 Å². The van der Waals surface area contributed by atoms with Crippen LogP contribution < -0.4 is 0 Å². The molecule has 0 saturated heterocycles.